The molecular weight excluding hydrogens is 251 g/mol. The highest BCUT2D eigenvalue weighted by Gasteiger charge is 2.19. The first-order valence-corrected chi connectivity index (χ1v) is 5.38. The lowest BCUT2D eigenvalue weighted by molar-refractivity contribution is -0.385. The Kier molecular flexibility index (Phi) is 3.51. The third-order valence-electron chi connectivity index (χ3n) is 2.43. The van der Waals surface area contributed by atoms with Crippen LogP contribution in [0.4, 0.5) is 15.8 Å². The number of amides is 1. The van der Waals surface area contributed by atoms with Crippen LogP contribution in [0, 0.1) is 15.9 Å². The lowest BCUT2D eigenvalue weighted by Crippen LogP contribution is -2.13. The summed E-state index contributed by atoms with van der Waals surface area (Å²) in [6.07, 6.45) is 0. The van der Waals surface area contributed by atoms with E-state index in [1.165, 1.54) is 42.5 Å². The van der Waals surface area contributed by atoms with Crippen molar-refractivity contribution in [2.75, 3.05) is 5.32 Å². The average Bonchev–Trinajstić information content (AvgIpc) is 2.38. The van der Waals surface area contributed by atoms with Crippen LogP contribution in [0.1, 0.15) is 10.4 Å². The Morgan fingerprint density at radius 3 is 2.58 bits per heavy atom. The molecule has 0 saturated carbocycles. The van der Waals surface area contributed by atoms with Crippen molar-refractivity contribution >= 4 is 17.3 Å². The van der Waals surface area contributed by atoms with Crippen LogP contribution in [0.5, 0.6) is 0 Å². The number of hydrogen-bond donors (Lipinski definition) is 1. The molecule has 0 aliphatic rings. The monoisotopic (exact) mass is 260 g/mol. The van der Waals surface area contributed by atoms with E-state index in [1.54, 1.807) is 0 Å². The number of hydrogen-bond acceptors (Lipinski definition) is 3. The van der Waals surface area contributed by atoms with Gasteiger partial charge in [0.2, 0.25) is 0 Å². The highest BCUT2D eigenvalue weighted by Crippen LogP contribution is 2.19. The smallest absolute Gasteiger partial charge is 0.282 e. The fourth-order valence-electron chi connectivity index (χ4n) is 1.59. The maximum atomic E-state index is 13.0. The first kappa shape index (κ1) is 12.7. The van der Waals surface area contributed by atoms with Crippen LogP contribution < -0.4 is 5.32 Å². The number of rotatable bonds is 3. The molecule has 1 amide bonds. The Bertz CT molecular complexity index is 643. The molecule has 0 aliphatic carbocycles. The van der Waals surface area contributed by atoms with Crippen molar-refractivity contribution in [2.24, 2.45) is 0 Å². The van der Waals surface area contributed by atoms with E-state index < -0.39 is 16.6 Å². The van der Waals surface area contributed by atoms with Gasteiger partial charge in [0.15, 0.2) is 0 Å². The Labute approximate surface area is 107 Å². The molecule has 0 unspecified atom stereocenters. The number of halogens is 1. The number of para-hydroxylation sites is 1. The van der Waals surface area contributed by atoms with E-state index in [4.69, 9.17) is 0 Å². The van der Waals surface area contributed by atoms with Crippen molar-refractivity contribution in [1.29, 1.82) is 0 Å². The predicted molar refractivity (Wildman–Crippen MR) is 67.4 cm³/mol. The molecule has 0 fully saturated rings. The third-order valence-corrected chi connectivity index (χ3v) is 2.43. The van der Waals surface area contributed by atoms with E-state index >= 15 is 0 Å². The summed E-state index contributed by atoms with van der Waals surface area (Å²) in [4.78, 5) is 22.1. The standard InChI is InChI=1S/C13H9FN2O3/c14-9-4-3-5-10(8-9)15-13(17)11-6-1-2-7-12(11)16(18)19/h1-8H,(H,15,17). The molecular formula is C13H9FN2O3. The summed E-state index contributed by atoms with van der Waals surface area (Å²) < 4.78 is 13.0. The number of carbonyl (C=O) groups is 1. The zero-order valence-electron chi connectivity index (χ0n) is 9.67. The number of nitro benzene ring substituents is 1. The van der Waals surface area contributed by atoms with Gasteiger partial charge in [0.1, 0.15) is 11.4 Å². The topological polar surface area (TPSA) is 72.2 Å². The molecule has 1 N–H and O–H groups in total. The summed E-state index contributed by atoms with van der Waals surface area (Å²) in [6.45, 7) is 0. The van der Waals surface area contributed by atoms with Gasteiger partial charge in [0.05, 0.1) is 4.92 Å². The number of nitro groups is 1. The lowest BCUT2D eigenvalue weighted by atomic mass is 10.1. The van der Waals surface area contributed by atoms with Crippen molar-refractivity contribution in [3.8, 4) is 0 Å². The van der Waals surface area contributed by atoms with Gasteiger partial charge >= 0.3 is 0 Å². The average molecular weight is 260 g/mol. The van der Waals surface area contributed by atoms with Crippen LogP contribution in [0.25, 0.3) is 0 Å². The maximum absolute atomic E-state index is 13.0. The molecule has 96 valence electrons. The number of nitrogens with zero attached hydrogens (tertiary/aromatic N) is 1. The summed E-state index contributed by atoms with van der Waals surface area (Å²) in [7, 11) is 0. The molecule has 0 aliphatic heterocycles. The lowest BCUT2D eigenvalue weighted by Gasteiger charge is -2.05. The minimum Gasteiger partial charge on any atom is -0.322 e. The van der Waals surface area contributed by atoms with Gasteiger partial charge in [0.25, 0.3) is 11.6 Å². The molecule has 0 spiro atoms. The van der Waals surface area contributed by atoms with Crippen molar-refractivity contribution in [3.63, 3.8) is 0 Å². The molecule has 2 rings (SSSR count). The summed E-state index contributed by atoms with van der Waals surface area (Å²) >= 11 is 0. The first-order chi connectivity index (χ1) is 9.08. The molecule has 2 aromatic carbocycles. The molecule has 0 bridgehead atoms. The van der Waals surface area contributed by atoms with Crippen molar-refractivity contribution in [2.45, 2.75) is 0 Å². The van der Waals surface area contributed by atoms with Gasteiger partial charge in [-0.1, -0.05) is 18.2 Å². The van der Waals surface area contributed by atoms with Crippen LogP contribution in [0.3, 0.4) is 0 Å². The second kappa shape index (κ2) is 5.26. The fraction of sp³-hybridized carbons (Fsp3) is 0. The van der Waals surface area contributed by atoms with Crippen LogP contribution in [0.15, 0.2) is 48.5 Å². The normalized spacial score (nSPS) is 9.95. The molecule has 0 saturated heterocycles. The largest absolute Gasteiger partial charge is 0.322 e. The molecule has 0 radical (unpaired) electrons. The van der Waals surface area contributed by atoms with Gasteiger partial charge in [-0.25, -0.2) is 4.39 Å². The molecule has 2 aromatic rings. The zero-order valence-corrected chi connectivity index (χ0v) is 9.67. The zero-order chi connectivity index (χ0) is 13.8. The number of anilines is 1. The first-order valence-electron chi connectivity index (χ1n) is 5.38. The number of carbonyl (C=O) groups excluding carboxylic acids is 1. The number of nitrogens with one attached hydrogen (secondary N) is 1. The van der Waals surface area contributed by atoms with E-state index in [1.807, 2.05) is 0 Å². The van der Waals surface area contributed by atoms with E-state index in [0.29, 0.717) is 0 Å². The van der Waals surface area contributed by atoms with Crippen molar-refractivity contribution < 1.29 is 14.1 Å². The highest BCUT2D eigenvalue weighted by molar-refractivity contribution is 6.07. The van der Waals surface area contributed by atoms with Crippen molar-refractivity contribution in [1.82, 2.24) is 0 Å². The van der Waals surface area contributed by atoms with Gasteiger partial charge in [0, 0.05) is 11.8 Å². The molecule has 6 heteroatoms. The Hall–Kier alpha value is -2.76. The predicted octanol–water partition coefficient (Wildman–Crippen LogP) is 2.99. The molecule has 5 nitrogen and oxygen atoms in total. The SMILES string of the molecule is O=C(Nc1cccc(F)c1)c1ccccc1[N+](=O)[O-]. The van der Waals surface area contributed by atoms with Gasteiger partial charge in [-0.15, -0.1) is 0 Å². The molecule has 0 aromatic heterocycles. The van der Waals surface area contributed by atoms with Crippen LogP contribution >= 0.6 is 0 Å². The van der Waals surface area contributed by atoms with E-state index in [2.05, 4.69) is 5.32 Å². The quantitative estimate of drug-likeness (QED) is 0.681. The van der Waals surface area contributed by atoms with E-state index in [-0.39, 0.29) is 16.9 Å². The molecule has 19 heavy (non-hydrogen) atoms. The Morgan fingerprint density at radius 1 is 1.16 bits per heavy atom. The minimum atomic E-state index is -0.655. The summed E-state index contributed by atoms with van der Waals surface area (Å²) in [5.41, 5.74) is -0.128. The minimum absolute atomic E-state index is 0.0724. The van der Waals surface area contributed by atoms with Gasteiger partial charge in [-0.05, 0) is 24.3 Å². The van der Waals surface area contributed by atoms with Gasteiger partial charge in [-0.2, -0.15) is 0 Å². The van der Waals surface area contributed by atoms with Gasteiger partial charge < -0.3 is 5.32 Å². The Morgan fingerprint density at radius 2 is 1.89 bits per heavy atom. The summed E-state index contributed by atoms with van der Waals surface area (Å²) in [5, 5.41) is 13.2. The van der Waals surface area contributed by atoms with E-state index in [0.717, 1.165) is 6.07 Å². The molecule has 0 heterocycles. The van der Waals surface area contributed by atoms with Crippen LogP contribution in [0.2, 0.25) is 0 Å². The van der Waals surface area contributed by atoms with Gasteiger partial charge in [-0.3, -0.25) is 14.9 Å². The molecule has 0 atom stereocenters. The fourth-order valence-corrected chi connectivity index (χ4v) is 1.59. The third kappa shape index (κ3) is 2.92. The van der Waals surface area contributed by atoms with Crippen LogP contribution in [-0.4, -0.2) is 10.8 Å². The Balaban J connectivity index is 2.28. The summed E-state index contributed by atoms with van der Waals surface area (Å²) in [5.74, 6) is -1.15. The summed E-state index contributed by atoms with van der Waals surface area (Å²) in [6, 6.07) is 10.9. The maximum Gasteiger partial charge on any atom is 0.282 e. The second-order valence-corrected chi connectivity index (χ2v) is 3.74. The van der Waals surface area contributed by atoms with E-state index in [9.17, 15) is 19.3 Å². The number of benzene rings is 2. The van der Waals surface area contributed by atoms with Crippen molar-refractivity contribution in [3.05, 3.63) is 70.0 Å². The second-order valence-electron chi connectivity index (χ2n) is 3.74. The highest BCUT2D eigenvalue weighted by atomic mass is 19.1. The van der Waals surface area contributed by atoms with Crippen LogP contribution in [-0.2, 0) is 0 Å².